The third-order valence-corrected chi connectivity index (χ3v) is 5.18. The third kappa shape index (κ3) is 5.93. The fourth-order valence-electron chi connectivity index (χ4n) is 3.34. The number of aliphatic carboxylic acids is 1. The lowest BCUT2D eigenvalue weighted by molar-refractivity contribution is -0.142. The van der Waals surface area contributed by atoms with Crippen molar-refractivity contribution in [1.29, 1.82) is 0 Å². The van der Waals surface area contributed by atoms with E-state index in [0.29, 0.717) is 22.6 Å². The number of carbonyl (C=O) groups excluding carboxylic acids is 1. The van der Waals surface area contributed by atoms with E-state index in [2.05, 4.69) is 26.6 Å². The largest absolute Gasteiger partial charge is 0.481 e. The van der Waals surface area contributed by atoms with Crippen molar-refractivity contribution in [3.05, 3.63) is 70.8 Å². The van der Waals surface area contributed by atoms with Crippen molar-refractivity contribution in [3.8, 4) is 23.5 Å². The molecule has 2 aromatic carbocycles. The minimum Gasteiger partial charge on any atom is -0.481 e. The van der Waals surface area contributed by atoms with Crippen molar-refractivity contribution in [3.63, 3.8) is 0 Å². The Morgan fingerprint density at radius 1 is 1.25 bits per heavy atom. The fraction of sp³-hybridized carbons (Fsp3) is 0.217. The van der Waals surface area contributed by atoms with Gasteiger partial charge in [0, 0.05) is 23.0 Å². The maximum absolute atomic E-state index is 14.1. The molecule has 0 aliphatic carbocycles. The van der Waals surface area contributed by atoms with Crippen LogP contribution >= 0.6 is 11.6 Å². The normalized spacial score (nSPS) is 12.5. The highest BCUT2D eigenvalue weighted by Gasteiger charge is 2.24. The van der Waals surface area contributed by atoms with Gasteiger partial charge < -0.3 is 10.4 Å². The lowest BCUT2D eigenvalue weighted by atomic mass is 9.92. The molecule has 7 nitrogen and oxygen atoms in total. The number of rotatable bonds is 9. The van der Waals surface area contributed by atoms with Crippen LogP contribution < -0.4 is 5.32 Å². The molecule has 0 spiro atoms. The van der Waals surface area contributed by atoms with Gasteiger partial charge in [-0.25, -0.2) is 4.39 Å². The van der Waals surface area contributed by atoms with Crippen LogP contribution in [-0.2, 0) is 11.2 Å². The number of nitrogens with one attached hydrogen (secondary N) is 2. The lowest BCUT2D eigenvalue weighted by Gasteiger charge is -2.21. The molecule has 0 aliphatic heterocycles. The number of carboxylic acids is 1. The Balaban J connectivity index is 1.80. The van der Waals surface area contributed by atoms with Gasteiger partial charge in [0.25, 0.3) is 5.91 Å². The first-order valence-electron chi connectivity index (χ1n) is 9.74. The van der Waals surface area contributed by atoms with E-state index in [0.717, 1.165) is 5.56 Å². The van der Waals surface area contributed by atoms with Gasteiger partial charge in [0.1, 0.15) is 5.82 Å². The van der Waals surface area contributed by atoms with E-state index in [4.69, 9.17) is 18.0 Å². The van der Waals surface area contributed by atoms with Crippen molar-refractivity contribution in [2.45, 2.75) is 25.3 Å². The number of benzene rings is 2. The molecule has 9 heteroatoms. The number of hydrogen-bond acceptors (Lipinski definition) is 4. The van der Waals surface area contributed by atoms with Crippen LogP contribution in [0.25, 0.3) is 11.1 Å². The highest BCUT2D eigenvalue weighted by atomic mass is 35.5. The third-order valence-electron chi connectivity index (χ3n) is 4.94. The quantitative estimate of drug-likeness (QED) is 0.427. The van der Waals surface area contributed by atoms with E-state index in [9.17, 15) is 19.1 Å². The van der Waals surface area contributed by atoms with E-state index in [-0.39, 0.29) is 18.5 Å². The molecule has 32 heavy (non-hydrogen) atoms. The van der Waals surface area contributed by atoms with Crippen LogP contribution in [0.1, 0.15) is 28.9 Å². The number of halogens is 2. The summed E-state index contributed by atoms with van der Waals surface area (Å²) < 4.78 is 14.1. The Bertz CT molecular complexity index is 1130. The molecule has 1 aromatic heterocycles. The number of hydrogen-bond donors (Lipinski definition) is 3. The molecule has 0 unspecified atom stereocenters. The van der Waals surface area contributed by atoms with E-state index >= 15 is 0 Å². The van der Waals surface area contributed by atoms with Crippen molar-refractivity contribution >= 4 is 23.5 Å². The first-order valence-corrected chi connectivity index (χ1v) is 10.1. The maximum atomic E-state index is 14.1. The number of carbonyl (C=O) groups is 2. The minimum absolute atomic E-state index is 0.0403. The molecule has 1 amide bonds. The number of aromatic nitrogens is 3. The van der Waals surface area contributed by atoms with Crippen molar-refractivity contribution < 1.29 is 19.1 Å². The van der Waals surface area contributed by atoms with E-state index < -0.39 is 29.7 Å². The number of carboxylic acid groups (broad SMARTS) is 1. The first kappa shape index (κ1) is 23.0. The second-order valence-electron chi connectivity index (χ2n) is 7.23. The summed E-state index contributed by atoms with van der Waals surface area (Å²) >= 11 is 5.98. The summed E-state index contributed by atoms with van der Waals surface area (Å²) in [6, 6.07) is 10.9. The molecular weight excluding hydrogens is 435 g/mol. The molecule has 0 saturated heterocycles. The van der Waals surface area contributed by atoms with Crippen LogP contribution in [0.15, 0.2) is 48.7 Å². The Morgan fingerprint density at radius 3 is 2.62 bits per heavy atom. The van der Waals surface area contributed by atoms with Crippen LogP contribution in [0, 0.1) is 24.1 Å². The fourth-order valence-corrected chi connectivity index (χ4v) is 3.52. The van der Waals surface area contributed by atoms with Crippen LogP contribution in [0.2, 0.25) is 5.02 Å². The van der Waals surface area contributed by atoms with E-state index in [1.807, 2.05) is 0 Å². The second kappa shape index (κ2) is 10.6. The van der Waals surface area contributed by atoms with E-state index in [1.54, 1.807) is 30.3 Å². The molecule has 0 aliphatic rings. The molecule has 0 saturated carbocycles. The van der Waals surface area contributed by atoms with Crippen LogP contribution in [0.4, 0.5) is 4.39 Å². The molecule has 0 radical (unpaired) electrons. The van der Waals surface area contributed by atoms with Crippen LogP contribution in [-0.4, -0.2) is 38.4 Å². The van der Waals surface area contributed by atoms with Gasteiger partial charge >= 0.3 is 5.97 Å². The average molecular weight is 455 g/mol. The number of aromatic amines is 1. The molecule has 0 fully saturated rings. The Hall–Kier alpha value is -3.70. The molecule has 2 atom stereocenters. The molecule has 0 bridgehead atoms. The van der Waals surface area contributed by atoms with Crippen molar-refractivity contribution in [2.24, 2.45) is 5.92 Å². The molecule has 3 N–H and O–H groups in total. The molecule has 1 heterocycles. The number of H-pyrrole nitrogens is 1. The second-order valence-corrected chi connectivity index (χ2v) is 7.67. The summed E-state index contributed by atoms with van der Waals surface area (Å²) in [6.07, 6.45) is 7.10. The van der Waals surface area contributed by atoms with Crippen molar-refractivity contribution in [1.82, 2.24) is 20.7 Å². The number of nitrogens with zero attached hydrogens (tertiary/aromatic N) is 2. The van der Waals surface area contributed by atoms with Gasteiger partial charge in [-0.1, -0.05) is 35.9 Å². The predicted molar refractivity (Wildman–Crippen MR) is 117 cm³/mol. The van der Waals surface area contributed by atoms with Gasteiger partial charge in [-0.2, -0.15) is 15.4 Å². The van der Waals surface area contributed by atoms with Crippen LogP contribution in [0.5, 0.6) is 0 Å². The monoisotopic (exact) mass is 454 g/mol. The maximum Gasteiger partial charge on any atom is 0.307 e. The van der Waals surface area contributed by atoms with Gasteiger partial charge in [-0.05, 0) is 42.2 Å². The first-order chi connectivity index (χ1) is 15.4. The zero-order valence-corrected chi connectivity index (χ0v) is 17.6. The van der Waals surface area contributed by atoms with Gasteiger partial charge in [0.05, 0.1) is 12.1 Å². The Morgan fingerprint density at radius 2 is 2.00 bits per heavy atom. The van der Waals surface area contributed by atoms with Crippen molar-refractivity contribution in [2.75, 3.05) is 0 Å². The Labute approximate surface area is 189 Å². The summed E-state index contributed by atoms with van der Waals surface area (Å²) in [5, 5.41) is 22.4. The van der Waals surface area contributed by atoms with Gasteiger partial charge in [0.2, 0.25) is 0 Å². The lowest BCUT2D eigenvalue weighted by Crippen LogP contribution is -2.39. The molecule has 164 valence electrons. The SMILES string of the molecule is C#CC[C@H](C[C@@H](Cc1ccc(-c2cc(Cl)ccc2F)cc1)NC(=O)c1cn[nH]n1)C(=O)O. The summed E-state index contributed by atoms with van der Waals surface area (Å²) in [6.45, 7) is 0. The predicted octanol–water partition coefficient (Wildman–Crippen LogP) is 3.72. The van der Waals surface area contributed by atoms with E-state index in [1.165, 1.54) is 18.3 Å². The number of amides is 1. The van der Waals surface area contributed by atoms with Gasteiger partial charge in [-0.15, -0.1) is 12.3 Å². The Kier molecular flexibility index (Phi) is 7.58. The zero-order chi connectivity index (χ0) is 23.1. The molecule has 3 rings (SSSR count). The van der Waals surface area contributed by atoms with Gasteiger partial charge in [0.15, 0.2) is 5.69 Å². The molecular formula is C23H20ClFN4O3. The summed E-state index contributed by atoms with van der Waals surface area (Å²) in [7, 11) is 0. The average Bonchev–Trinajstić information content (AvgIpc) is 3.31. The number of terminal acetylenes is 1. The molecule has 3 aromatic rings. The highest BCUT2D eigenvalue weighted by molar-refractivity contribution is 6.30. The zero-order valence-electron chi connectivity index (χ0n) is 16.9. The highest BCUT2D eigenvalue weighted by Crippen LogP contribution is 2.27. The van der Waals surface area contributed by atoms with Crippen LogP contribution in [0.3, 0.4) is 0 Å². The smallest absolute Gasteiger partial charge is 0.307 e. The van der Waals surface area contributed by atoms with Gasteiger partial charge in [-0.3, -0.25) is 9.59 Å². The minimum atomic E-state index is -1.03. The summed E-state index contributed by atoms with van der Waals surface area (Å²) in [5.41, 5.74) is 1.93. The topological polar surface area (TPSA) is 108 Å². The summed E-state index contributed by atoms with van der Waals surface area (Å²) in [5.74, 6) is -0.352. The standard InChI is InChI=1S/C23H20ClFN4O3/c1-2-3-16(23(31)32)11-18(27-22(30)21-13-26-29-28-21)10-14-4-6-15(7-5-14)19-12-17(24)8-9-20(19)25/h1,4-9,12-13,16,18H,3,10-11H2,(H,27,30)(H,31,32)(H,26,28,29)/t16-,18-/m1/s1. The summed E-state index contributed by atoms with van der Waals surface area (Å²) in [4.78, 5) is 24.0.